The van der Waals surface area contributed by atoms with Gasteiger partial charge in [-0.2, -0.15) is 0 Å². The molecule has 0 saturated heterocycles. The van der Waals surface area contributed by atoms with Crippen molar-refractivity contribution in [1.29, 1.82) is 0 Å². The Kier molecular flexibility index (Phi) is 33.4. The van der Waals surface area contributed by atoms with Crippen LogP contribution >= 0.6 is 0 Å². The summed E-state index contributed by atoms with van der Waals surface area (Å²) in [4.78, 5) is 13.0. The first kappa shape index (κ1) is 43.8. The van der Waals surface area contributed by atoms with Gasteiger partial charge < -0.3 is 5.73 Å². The molecule has 238 valence electrons. The number of benzene rings is 3. The SMILES string of the molecule is CC.CC.CC.CC(=O)/C=C(\N)Cc1ccccc1.CC/C=C\C=C(C)C.CN(Cc1ccccc1)Cc1ccccc1. The lowest BCUT2D eigenvalue weighted by Gasteiger charge is -2.16. The summed E-state index contributed by atoms with van der Waals surface area (Å²) >= 11 is 0. The van der Waals surface area contributed by atoms with E-state index in [1.807, 2.05) is 71.9 Å². The number of hydrogen-bond acceptors (Lipinski definition) is 3. The van der Waals surface area contributed by atoms with Crippen LogP contribution in [0.15, 0.2) is 127 Å². The van der Waals surface area contributed by atoms with E-state index < -0.39 is 0 Å². The molecule has 0 aliphatic heterocycles. The number of carbonyl (C=O) groups is 1. The molecule has 0 heterocycles. The van der Waals surface area contributed by atoms with Crippen molar-refractivity contribution in [2.24, 2.45) is 5.73 Å². The highest BCUT2D eigenvalue weighted by Crippen LogP contribution is 2.07. The molecule has 0 spiro atoms. The number of rotatable bonds is 9. The van der Waals surface area contributed by atoms with Gasteiger partial charge in [-0.15, -0.1) is 0 Å². The smallest absolute Gasteiger partial charge is 0.154 e. The number of allylic oxidation sites excluding steroid dienone is 6. The maximum atomic E-state index is 10.7. The van der Waals surface area contributed by atoms with Crippen LogP contribution in [0.5, 0.6) is 0 Å². The van der Waals surface area contributed by atoms with E-state index in [0.29, 0.717) is 12.1 Å². The topological polar surface area (TPSA) is 46.3 Å². The molecule has 0 bridgehead atoms. The molecule has 0 aliphatic rings. The lowest BCUT2D eigenvalue weighted by molar-refractivity contribution is -0.112. The second kappa shape index (κ2) is 32.8. The predicted octanol–water partition coefficient (Wildman–Crippen LogP) is 11.0. The standard InChI is InChI=1S/C15H17N.C11H13NO.C8H14.3C2H6/c1-16(12-14-8-4-2-5-9-14)13-15-10-6-3-7-11-15;1-9(13)7-11(12)8-10-5-3-2-4-6-10;1-4-5-6-7-8(2)3;3*1-2/h2-11H,12-13H2,1H3;2-7H,8,12H2,1H3;5-7H,4H2,1-3H3;3*1-2H3/b;11-7-;6-5-;;;. The predicted molar refractivity (Wildman–Crippen MR) is 194 cm³/mol. The Bertz CT molecular complexity index is 1040. The Morgan fingerprint density at radius 2 is 1.05 bits per heavy atom. The van der Waals surface area contributed by atoms with Crippen LogP contribution in [0.3, 0.4) is 0 Å². The fourth-order valence-corrected chi connectivity index (χ4v) is 3.39. The third-order valence-corrected chi connectivity index (χ3v) is 5.03. The van der Waals surface area contributed by atoms with E-state index in [0.717, 1.165) is 25.1 Å². The fraction of sp³-hybridized carbons (Fsp3) is 0.375. The number of carbonyl (C=O) groups excluding carboxylic acids is 1. The highest BCUT2D eigenvalue weighted by molar-refractivity contribution is 5.87. The fourth-order valence-electron chi connectivity index (χ4n) is 3.39. The molecule has 0 atom stereocenters. The van der Waals surface area contributed by atoms with Crippen LogP contribution in [-0.2, 0) is 24.3 Å². The molecule has 0 aromatic heterocycles. The molecular formula is C40H62N2O. The average molecular weight is 587 g/mol. The molecule has 3 aromatic rings. The zero-order valence-electron chi connectivity index (χ0n) is 29.2. The van der Waals surface area contributed by atoms with Crippen molar-refractivity contribution >= 4 is 5.78 Å². The molecule has 43 heavy (non-hydrogen) atoms. The number of hydrogen-bond donors (Lipinski definition) is 1. The van der Waals surface area contributed by atoms with Gasteiger partial charge in [0.1, 0.15) is 0 Å². The van der Waals surface area contributed by atoms with Crippen LogP contribution in [0.4, 0.5) is 0 Å². The van der Waals surface area contributed by atoms with Gasteiger partial charge in [-0.25, -0.2) is 0 Å². The summed E-state index contributed by atoms with van der Waals surface area (Å²) in [6.07, 6.45) is 9.59. The quantitative estimate of drug-likeness (QED) is 0.200. The molecule has 0 fully saturated rings. The summed E-state index contributed by atoms with van der Waals surface area (Å²) in [5.74, 6) is -0.00608. The molecular weight excluding hydrogens is 524 g/mol. The van der Waals surface area contributed by atoms with Crippen molar-refractivity contribution in [2.75, 3.05) is 7.05 Å². The maximum Gasteiger partial charge on any atom is 0.154 e. The van der Waals surface area contributed by atoms with Crippen molar-refractivity contribution in [1.82, 2.24) is 4.90 Å². The first-order valence-corrected chi connectivity index (χ1v) is 15.9. The Morgan fingerprint density at radius 3 is 1.37 bits per heavy atom. The van der Waals surface area contributed by atoms with Crippen LogP contribution in [0, 0.1) is 0 Å². The first-order valence-electron chi connectivity index (χ1n) is 15.9. The molecule has 3 heteroatoms. The Morgan fingerprint density at radius 1 is 0.674 bits per heavy atom. The third kappa shape index (κ3) is 29.6. The molecule has 0 radical (unpaired) electrons. The number of nitrogens with two attached hydrogens (primary N) is 1. The van der Waals surface area contributed by atoms with Crippen molar-refractivity contribution < 1.29 is 4.79 Å². The summed E-state index contributed by atoms with van der Waals surface area (Å²) in [7, 11) is 2.15. The summed E-state index contributed by atoms with van der Waals surface area (Å²) in [6.45, 7) is 21.8. The summed E-state index contributed by atoms with van der Waals surface area (Å²) < 4.78 is 0. The second-order valence-electron chi connectivity index (χ2n) is 9.22. The van der Waals surface area contributed by atoms with E-state index in [1.54, 1.807) is 0 Å². The van der Waals surface area contributed by atoms with Gasteiger partial charge in [0.2, 0.25) is 0 Å². The molecule has 0 aliphatic carbocycles. The van der Waals surface area contributed by atoms with Crippen LogP contribution in [-0.4, -0.2) is 17.7 Å². The third-order valence-electron chi connectivity index (χ3n) is 5.03. The summed E-state index contributed by atoms with van der Waals surface area (Å²) in [5, 5.41) is 0. The minimum absolute atomic E-state index is 0.00608. The minimum atomic E-state index is -0.00608. The van der Waals surface area contributed by atoms with Crippen LogP contribution < -0.4 is 5.73 Å². The van der Waals surface area contributed by atoms with Crippen LogP contribution in [0.25, 0.3) is 0 Å². The van der Waals surface area contributed by atoms with E-state index in [-0.39, 0.29) is 5.78 Å². The van der Waals surface area contributed by atoms with Gasteiger partial charge in [-0.1, -0.05) is 163 Å². The molecule has 3 aromatic carbocycles. The molecule has 3 nitrogen and oxygen atoms in total. The zero-order chi connectivity index (χ0) is 33.3. The van der Waals surface area contributed by atoms with E-state index in [4.69, 9.17) is 5.73 Å². The van der Waals surface area contributed by atoms with E-state index in [1.165, 1.54) is 29.7 Å². The normalized spacial score (nSPS) is 9.63. The number of nitrogens with zero attached hydrogens (tertiary/aromatic N) is 1. The van der Waals surface area contributed by atoms with Crippen LogP contribution in [0.1, 0.15) is 92.3 Å². The Balaban J connectivity index is -0.000000534. The molecule has 0 unspecified atom stereocenters. The van der Waals surface area contributed by atoms with Crippen molar-refractivity contribution in [3.63, 3.8) is 0 Å². The maximum absolute atomic E-state index is 10.7. The molecule has 0 saturated carbocycles. The van der Waals surface area contributed by atoms with E-state index >= 15 is 0 Å². The largest absolute Gasteiger partial charge is 0.402 e. The molecule has 2 N–H and O–H groups in total. The lowest BCUT2D eigenvalue weighted by Crippen LogP contribution is -2.16. The Labute approximate surface area is 266 Å². The van der Waals surface area contributed by atoms with Crippen molar-refractivity contribution in [3.05, 3.63) is 143 Å². The minimum Gasteiger partial charge on any atom is -0.402 e. The van der Waals surface area contributed by atoms with Crippen molar-refractivity contribution in [2.45, 2.75) is 95.2 Å². The van der Waals surface area contributed by atoms with Gasteiger partial charge in [0.05, 0.1) is 0 Å². The highest BCUT2D eigenvalue weighted by Gasteiger charge is 2.00. The second-order valence-corrected chi connectivity index (χ2v) is 9.22. The van der Waals surface area contributed by atoms with Gasteiger partial charge in [0.25, 0.3) is 0 Å². The van der Waals surface area contributed by atoms with Gasteiger partial charge in [-0.05, 0) is 57.0 Å². The number of ketones is 1. The monoisotopic (exact) mass is 586 g/mol. The first-order chi connectivity index (χ1) is 20.8. The van der Waals surface area contributed by atoms with Gasteiger partial charge >= 0.3 is 0 Å². The molecule has 3 rings (SSSR count). The van der Waals surface area contributed by atoms with Gasteiger partial charge in [0, 0.05) is 25.2 Å². The summed E-state index contributed by atoms with van der Waals surface area (Å²) in [5.41, 5.74) is 11.5. The van der Waals surface area contributed by atoms with Gasteiger partial charge in [-0.3, -0.25) is 9.69 Å². The lowest BCUT2D eigenvalue weighted by atomic mass is 10.1. The van der Waals surface area contributed by atoms with Crippen molar-refractivity contribution in [3.8, 4) is 0 Å². The van der Waals surface area contributed by atoms with Crippen LogP contribution in [0.2, 0.25) is 0 Å². The van der Waals surface area contributed by atoms with E-state index in [2.05, 4.69) is 112 Å². The average Bonchev–Trinajstić information content (AvgIpc) is 3.02. The zero-order valence-corrected chi connectivity index (χ0v) is 29.2. The van der Waals surface area contributed by atoms with E-state index in [9.17, 15) is 4.79 Å². The molecule has 0 amide bonds. The van der Waals surface area contributed by atoms with Gasteiger partial charge in [0.15, 0.2) is 5.78 Å². The highest BCUT2D eigenvalue weighted by atomic mass is 16.1. The Hall–Kier alpha value is -3.69. The summed E-state index contributed by atoms with van der Waals surface area (Å²) in [6, 6.07) is 31.0.